The van der Waals surface area contributed by atoms with E-state index in [1.807, 2.05) is 0 Å². The van der Waals surface area contributed by atoms with Crippen molar-refractivity contribution in [1.29, 1.82) is 0 Å². The van der Waals surface area contributed by atoms with Gasteiger partial charge in [-0.1, -0.05) is 24.3 Å². The summed E-state index contributed by atoms with van der Waals surface area (Å²) in [6.45, 7) is 0.773. The van der Waals surface area contributed by atoms with Crippen molar-refractivity contribution in [2.24, 2.45) is 11.7 Å². The maximum absolute atomic E-state index is 14.1. The number of nitrogens with zero attached hydrogens (tertiary/aromatic N) is 3. The number of allylic oxidation sites excluding steroid dienone is 3. The molecule has 1 fully saturated rings. The second-order valence-electron chi connectivity index (χ2n) is 11.1. The molecule has 1 saturated carbocycles. The standard InChI is InChI=1S/C31H29F6N5O2/c1-16(32)4-5-18(6-7-26(38)43)22-3-2-8-39-28(22)25(11-17-9-20(33)14-21(34)10-17)40-27(44)15-42-29-23-12-19(23)13-24(29)30(41-42)31(35,36)37/h2-6,8-10,14,16,19,23,25H,7,11-13,15H2,1H3,(H2,38,43)(H,40,44)/b5-4-,18-6+/t16?,19?,23?,25-/m0/s1. The molecule has 13 heteroatoms. The lowest BCUT2D eigenvalue weighted by Gasteiger charge is -2.22. The number of carbonyl (C=O) groups excluding carboxylic acids is 2. The van der Waals surface area contributed by atoms with E-state index in [-0.39, 0.29) is 47.9 Å². The van der Waals surface area contributed by atoms with Crippen LogP contribution in [0.5, 0.6) is 0 Å². The van der Waals surface area contributed by atoms with Crippen LogP contribution in [0.3, 0.4) is 0 Å². The molecule has 0 saturated heterocycles. The molecule has 0 spiro atoms. The normalized spacial score (nSPS) is 19.0. The van der Waals surface area contributed by atoms with Gasteiger partial charge in [-0.25, -0.2) is 13.2 Å². The SMILES string of the molecule is CC(F)/C=C\C(=C/CC(N)=O)c1cccnc1[C@H](Cc1cc(F)cc(F)c1)NC(=O)Cn1nc(C(F)(F)F)c2c1C1CC1C2. The highest BCUT2D eigenvalue weighted by atomic mass is 19.4. The Morgan fingerprint density at radius 2 is 1.93 bits per heavy atom. The molecule has 0 aliphatic heterocycles. The summed E-state index contributed by atoms with van der Waals surface area (Å²) >= 11 is 0. The van der Waals surface area contributed by atoms with E-state index >= 15 is 0 Å². The highest BCUT2D eigenvalue weighted by molar-refractivity contribution is 5.82. The fourth-order valence-electron chi connectivity index (χ4n) is 5.76. The van der Waals surface area contributed by atoms with Crippen LogP contribution >= 0.6 is 0 Å². The smallest absolute Gasteiger partial charge is 0.369 e. The lowest BCUT2D eigenvalue weighted by atomic mass is 9.94. The fraction of sp³-hybridized carbons (Fsp3) is 0.355. The number of pyridine rings is 1. The number of hydrogen-bond donors (Lipinski definition) is 2. The van der Waals surface area contributed by atoms with E-state index in [0.717, 1.165) is 23.2 Å². The first-order chi connectivity index (χ1) is 20.8. The van der Waals surface area contributed by atoms with Gasteiger partial charge in [-0.15, -0.1) is 0 Å². The molecule has 1 aromatic carbocycles. The summed E-state index contributed by atoms with van der Waals surface area (Å²) in [4.78, 5) is 29.4. The number of aromatic nitrogens is 3. The van der Waals surface area contributed by atoms with Crippen LogP contribution in [-0.2, 0) is 35.2 Å². The average Bonchev–Trinajstić information content (AvgIpc) is 3.43. The molecule has 4 atom stereocenters. The number of amides is 2. The number of nitrogens with two attached hydrogens (primary N) is 1. The topological polar surface area (TPSA) is 103 Å². The first-order valence-electron chi connectivity index (χ1n) is 14.0. The monoisotopic (exact) mass is 617 g/mol. The van der Waals surface area contributed by atoms with E-state index < -0.39 is 54.1 Å². The number of nitrogens with one attached hydrogen (secondary N) is 1. The van der Waals surface area contributed by atoms with Gasteiger partial charge in [0.15, 0.2) is 5.69 Å². The predicted octanol–water partition coefficient (Wildman–Crippen LogP) is 5.51. The highest BCUT2D eigenvalue weighted by Gasteiger charge is 2.53. The number of halogens is 6. The maximum Gasteiger partial charge on any atom is 0.435 e. The Bertz CT molecular complexity index is 1620. The Morgan fingerprint density at radius 3 is 2.59 bits per heavy atom. The number of primary amides is 1. The molecule has 0 bridgehead atoms. The van der Waals surface area contributed by atoms with E-state index in [9.17, 15) is 35.9 Å². The summed E-state index contributed by atoms with van der Waals surface area (Å²) < 4.78 is 84.2. The molecule has 2 aromatic heterocycles. The molecule has 44 heavy (non-hydrogen) atoms. The summed E-state index contributed by atoms with van der Waals surface area (Å²) in [5, 5.41) is 6.51. The molecule has 3 aromatic rings. The molecule has 2 aliphatic rings. The van der Waals surface area contributed by atoms with Crippen molar-refractivity contribution < 1.29 is 35.9 Å². The quantitative estimate of drug-likeness (QED) is 0.219. The number of benzene rings is 1. The largest absolute Gasteiger partial charge is 0.435 e. The van der Waals surface area contributed by atoms with Crippen molar-refractivity contribution in [3.05, 3.63) is 100 Å². The van der Waals surface area contributed by atoms with Crippen LogP contribution in [0.4, 0.5) is 26.3 Å². The van der Waals surface area contributed by atoms with Crippen molar-refractivity contribution >= 4 is 17.4 Å². The maximum atomic E-state index is 14.1. The number of rotatable bonds is 11. The van der Waals surface area contributed by atoms with Gasteiger partial charge in [0.05, 0.1) is 11.7 Å². The first kappa shape index (κ1) is 31.0. The van der Waals surface area contributed by atoms with Gasteiger partial charge >= 0.3 is 6.18 Å². The van der Waals surface area contributed by atoms with Gasteiger partial charge in [0, 0.05) is 41.4 Å². The minimum atomic E-state index is -4.67. The zero-order valence-electron chi connectivity index (χ0n) is 23.5. The Labute approximate surface area is 248 Å². The van der Waals surface area contributed by atoms with E-state index in [2.05, 4.69) is 15.4 Å². The predicted molar refractivity (Wildman–Crippen MR) is 148 cm³/mol. The molecular weight excluding hydrogens is 588 g/mol. The summed E-state index contributed by atoms with van der Waals surface area (Å²) in [6.07, 6.45) is 0.144. The molecule has 232 valence electrons. The van der Waals surface area contributed by atoms with Gasteiger partial charge in [0.25, 0.3) is 0 Å². The van der Waals surface area contributed by atoms with Crippen LogP contribution in [0.2, 0.25) is 0 Å². The van der Waals surface area contributed by atoms with Gasteiger partial charge in [0.2, 0.25) is 11.8 Å². The van der Waals surface area contributed by atoms with Gasteiger partial charge in [0.1, 0.15) is 24.4 Å². The van der Waals surface area contributed by atoms with Crippen molar-refractivity contribution in [2.45, 2.75) is 63.5 Å². The molecule has 3 N–H and O–H groups in total. The Hall–Kier alpha value is -4.42. The molecule has 2 heterocycles. The minimum absolute atomic E-state index is 0.0857. The summed E-state index contributed by atoms with van der Waals surface area (Å²) in [7, 11) is 0. The summed E-state index contributed by atoms with van der Waals surface area (Å²) in [6, 6.07) is 5.00. The van der Waals surface area contributed by atoms with E-state index in [0.29, 0.717) is 22.9 Å². The Balaban J connectivity index is 1.51. The van der Waals surface area contributed by atoms with Crippen LogP contribution in [0.25, 0.3) is 5.57 Å². The van der Waals surface area contributed by atoms with E-state index in [1.165, 1.54) is 31.3 Å². The van der Waals surface area contributed by atoms with Crippen LogP contribution in [-0.4, -0.2) is 32.8 Å². The fourth-order valence-corrected chi connectivity index (χ4v) is 5.76. The molecule has 7 nitrogen and oxygen atoms in total. The third-order valence-corrected chi connectivity index (χ3v) is 7.64. The van der Waals surface area contributed by atoms with Gasteiger partial charge in [-0.2, -0.15) is 18.3 Å². The number of hydrogen-bond acceptors (Lipinski definition) is 4. The van der Waals surface area contributed by atoms with Gasteiger partial charge in [-0.3, -0.25) is 19.3 Å². The molecular formula is C31H29F6N5O2. The Kier molecular flexibility index (Phi) is 8.66. The lowest BCUT2D eigenvalue weighted by molar-refractivity contribution is -0.142. The first-order valence-corrected chi connectivity index (χ1v) is 14.0. The number of carbonyl (C=O) groups is 2. The van der Waals surface area contributed by atoms with Crippen molar-refractivity contribution in [2.75, 3.05) is 0 Å². The molecule has 0 radical (unpaired) electrons. The second kappa shape index (κ2) is 12.3. The van der Waals surface area contributed by atoms with Gasteiger partial charge in [-0.05, 0) is 61.4 Å². The van der Waals surface area contributed by atoms with Crippen molar-refractivity contribution in [3.63, 3.8) is 0 Å². The summed E-state index contributed by atoms with van der Waals surface area (Å²) in [5.41, 5.74) is 5.93. The highest BCUT2D eigenvalue weighted by Crippen LogP contribution is 2.58. The third kappa shape index (κ3) is 7.03. The number of alkyl halides is 4. The molecule has 2 aliphatic carbocycles. The zero-order chi connectivity index (χ0) is 31.8. The lowest BCUT2D eigenvalue weighted by Crippen LogP contribution is -2.34. The van der Waals surface area contributed by atoms with E-state index in [4.69, 9.17) is 5.73 Å². The zero-order valence-corrected chi connectivity index (χ0v) is 23.5. The van der Waals surface area contributed by atoms with Gasteiger partial charge < -0.3 is 11.1 Å². The average molecular weight is 618 g/mol. The van der Waals surface area contributed by atoms with Crippen LogP contribution in [0, 0.1) is 17.6 Å². The van der Waals surface area contributed by atoms with Crippen LogP contribution in [0.15, 0.2) is 54.8 Å². The number of fused-ring (bicyclic) bond motifs is 3. The Morgan fingerprint density at radius 1 is 1.20 bits per heavy atom. The summed E-state index contributed by atoms with van der Waals surface area (Å²) in [5.74, 6) is -3.04. The van der Waals surface area contributed by atoms with Crippen LogP contribution < -0.4 is 11.1 Å². The van der Waals surface area contributed by atoms with Crippen LogP contribution in [0.1, 0.15) is 65.5 Å². The molecule has 5 rings (SSSR count). The molecule has 2 amide bonds. The van der Waals surface area contributed by atoms with Crippen molar-refractivity contribution in [1.82, 2.24) is 20.1 Å². The minimum Gasteiger partial charge on any atom is -0.369 e. The van der Waals surface area contributed by atoms with Crippen molar-refractivity contribution in [3.8, 4) is 0 Å². The van der Waals surface area contributed by atoms with E-state index in [1.54, 1.807) is 12.1 Å². The third-order valence-electron chi connectivity index (χ3n) is 7.64. The molecule has 3 unspecified atom stereocenters. The second-order valence-corrected chi connectivity index (χ2v) is 11.1.